The normalized spacial score (nSPS) is 16.3. The summed E-state index contributed by atoms with van der Waals surface area (Å²) in [6.07, 6.45) is 2.67. The van der Waals surface area contributed by atoms with Crippen LogP contribution in [0.1, 0.15) is 44.5 Å². The molecule has 2 rings (SSSR count). The molecule has 0 aliphatic heterocycles. The van der Waals surface area contributed by atoms with Gasteiger partial charge in [0.25, 0.3) is 0 Å². The summed E-state index contributed by atoms with van der Waals surface area (Å²) >= 11 is 0. The largest absolute Gasteiger partial charge is 0.390 e. The summed E-state index contributed by atoms with van der Waals surface area (Å²) in [4.78, 5) is 0.149. The van der Waals surface area contributed by atoms with E-state index in [1.807, 2.05) is 0 Å². The van der Waals surface area contributed by atoms with Gasteiger partial charge in [0.05, 0.1) is 12.3 Å². The maximum absolute atomic E-state index is 12.8. The summed E-state index contributed by atoms with van der Waals surface area (Å²) in [6.45, 7) is 5.99. The van der Waals surface area contributed by atoms with Crippen molar-refractivity contribution in [1.29, 1.82) is 0 Å². The summed E-state index contributed by atoms with van der Waals surface area (Å²) in [5.41, 5.74) is 0.696. The molecule has 1 saturated carbocycles. The number of aromatic nitrogens is 2. The Balaban J connectivity index is 2.32. The number of aliphatic hydroxyl groups is 1. The van der Waals surface area contributed by atoms with Gasteiger partial charge in [0.1, 0.15) is 10.6 Å². The van der Waals surface area contributed by atoms with Crippen molar-refractivity contribution in [2.45, 2.75) is 57.6 Å². The van der Waals surface area contributed by atoms with Gasteiger partial charge in [0.15, 0.2) is 0 Å². The van der Waals surface area contributed by atoms with E-state index in [2.05, 4.69) is 24.0 Å². The van der Waals surface area contributed by atoms with E-state index in [0.717, 1.165) is 19.3 Å². The zero-order chi connectivity index (χ0) is 14.9. The Bertz CT molecular complexity index is 561. The number of hydrogen-bond acceptors (Lipinski definition) is 4. The van der Waals surface area contributed by atoms with Gasteiger partial charge in [-0.2, -0.15) is 9.40 Å². The second-order valence-corrected chi connectivity index (χ2v) is 7.64. The first-order valence-electron chi connectivity index (χ1n) is 7.04. The predicted octanol–water partition coefficient (Wildman–Crippen LogP) is 1.41. The summed E-state index contributed by atoms with van der Waals surface area (Å²) < 4.78 is 27.3. The van der Waals surface area contributed by atoms with Crippen LogP contribution in [-0.2, 0) is 16.6 Å². The van der Waals surface area contributed by atoms with Crippen molar-refractivity contribution >= 4 is 10.0 Å². The lowest BCUT2D eigenvalue weighted by atomic mass is 10.1. The molecule has 20 heavy (non-hydrogen) atoms. The second-order valence-electron chi connectivity index (χ2n) is 5.81. The van der Waals surface area contributed by atoms with Crippen molar-refractivity contribution in [2.24, 2.45) is 5.92 Å². The minimum atomic E-state index is -3.58. The van der Waals surface area contributed by atoms with Gasteiger partial charge in [-0.3, -0.25) is 5.10 Å². The molecule has 0 radical (unpaired) electrons. The lowest BCUT2D eigenvalue weighted by molar-refractivity contribution is 0.272. The van der Waals surface area contributed by atoms with Gasteiger partial charge in [-0.15, -0.1) is 0 Å². The van der Waals surface area contributed by atoms with Gasteiger partial charge in [0, 0.05) is 12.6 Å². The number of aromatic amines is 1. The highest BCUT2D eigenvalue weighted by molar-refractivity contribution is 7.89. The first-order valence-corrected chi connectivity index (χ1v) is 8.48. The van der Waals surface area contributed by atoms with Crippen molar-refractivity contribution in [3.05, 3.63) is 11.4 Å². The molecule has 2 N–H and O–H groups in total. The Kier molecular flexibility index (Phi) is 4.51. The molecule has 1 aromatic rings. The first kappa shape index (κ1) is 15.5. The molecule has 0 unspecified atom stereocenters. The average molecular weight is 301 g/mol. The highest BCUT2D eigenvalue weighted by Crippen LogP contribution is 2.34. The van der Waals surface area contributed by atoms with Crippen LogP contribution < -0.4 is 0 Å². The lowest BCUT2D eigenvalue weighted by Crippen LogP contribution is -2.35. The maximum atomic E-state index is 12.8. The molecular weight excluding hydrogens is 278 g/mol. The molecule has 1 aliphatic carbocycles. The van der Waals surface area contributed by atoms with E-state index in [-0.39, 0.29) is 23.2 Å². The molecule has 0 aromatic carbocycles. The molecule has 0 spiro atoms. The van der Waals surface area contributed by atoms with Crippen LogP contribution in [0, 0.1) is 12.8 Å². The average Bonchev–Trinajstić information content (AvgIpc) is 3.10. The van der Waals surface area contributed by atoms with Crippen LogP contribution in [-0.4, -0.2) is 40.6 Å². The Labute approximate surface area is 120 Å². The fourth-order valence-corrected chi connectivity index (χ4v) is 4.31. The zero-order valence-electron chi connectivity index (χ0n) is 12.3. The smallest absolute Gasteiger partial charge is 0.247 e. The van der Waals surface area contributed by atoms with E-state index < -0.39 is 10.0 Å². The fraction of sp³-hybridized carbons (Fsp3) is 0.769. The van der Waals surface area contributed by atoms with Crippen LogP contribution in [0.4, 0.5) is 0 Å². The van der Waals surface area contributed by atoms with E-state index in [0.29, 0.717) is 18.2 Å². The van der Waals surface area contributed by atoms with Gasteiger partial charge >= 0.3 is 0 Å². The minimum absolute atomic E-state index is 0.111. The Morgan fingerprint density at radius 1 is 1.45 bits per heavy atom. The predicted molar refractivity (Wildman–Crippen MR) is 75.6 cm³/mol. The van der Waals surface area contributed by atoms with Gasteiger partial charge in [0.2, 0.25) is 10.0 Å². The van der Waals surface area contributed by atoms with Gasteiger partial charge < -0.3 is 5.11 Å². The van der Waals surface area contributed by atoms with Gasteiger partial charge in [-0.05, 0) is 32.1 Å². The van der Waals surface area contributed by atoms with E-state index >= 15 is 0 Å². The molecule has 1 aliphatic rings. The quantitative estimate of drug-likeness (QED) is 0.797. The summed E-state index contributed by atoms with van der Waals surface area (Å²) in [6, 6.07) is 0.111. The third-order valence-corrected chi connectivity index (χ3v) is 5.71. The molecule has 1 aromatic heterocycles. The molecular formula is C13H23N3O3S. The third-order valence-electron chi connectivity index (χ3n) is 3.56. The maximum Gasteiger partial charge on any atom is 0.247 e. The molecule has 7 heteroatoms. The number of nitrogens with one attached hydrogen (secondary N) is 1. The number of H-pyrrole nitrogens is 1. The van der Waals surface area contributed by atoms with E-state index in [1.54, 1.807) is 11.2 Å². The monoisotopic (exact) mass is 301 g/mol. The second kappa shape index (κ2) is 5.83. The molecule has 0 amide bonds. The molecule has 0 bridgehead atoms. The van der Waals surface area contributed by atoms with E-state index in [1.165, 1.54) is 0 Å². The molecule has 114 valence electrons. The van der Waals surface area contributed by atoms with E-state index in [9.17, 15) is 13.5 Å². The van der Waals surface area contributed by atoms with Crippen LogP contribution in [0.15, 0.2) is 4.90 Å². The Morgan fingerprint density at radius 2 is 2.10 bits per heavy atom. The number of hydrogen-bond donors (Lipinski definition) is 2. The fourth-order valence-electron chi connectivity index (χ4n) is 2.28. The van der Waals surface area contributed by atoms with Crippen molar-refractivity contribution in [2.75, 3.05) is 6.54 Å². The minimum Gasteiger partial charge on any atom is -0.390 e. The number of aryl methyl sites for hydroxylation is 1. The van der Waals surface area contributed by atoms with Crippen LogP contribution in [0.3, 0.4) is 0 Å². The highest BCUT2D eigenvalue weighted by atomic mass is 32.2. The lowest BCUT2D eigenvalue weighted by Gasteiger charge is -2.23. The van der Waals surface area contributed by atoms with Crippen LogP contribution in [0.5, 0.6) is 0 Å². The van der Waals surface area contributed by atoms with Crippen LogP contribution in [0.25, 0.3) is 0 Å². The molecule has 1 heterocycles. The molecule has 6 nitrogen and oxygen atoms in total. The van der Waals surface area contributed by atoms with Crippen molar-refractivity contribution < 1.29 is 13.5 Å². The third kappa shape index (κ3) is 3.05. The standard InChI is InChI=1S/C13H23N3O3S/c1-9(2)6-7-16(11-4-5-11)20(18,19)13-10(3)14-15-12(13)8-17/h9,11,17H,4-8H2,1-3H3,(H,14,15). The van der Waals surface area contributed by atoms with Crippen molar-refractivity contribution in [3.63, 3.8) is 0 Å². The molecule has 1 fully saturated rings. The number of sulfonamides is 1. The summed E-state index contributed by atoms with van der Waals surface area (Å²) in [7, 11) is -3.58. The molecule has 0 saturated heterocycles. The van der Waals surface area contributed by atoms with Crippen molar-refractivity contribution in [1.82, 2.24) is 14.5 Å². The SMILES string of the molecule is Cc1[nH]nc(CO)c1S(=O)(=O)N(CCC(C)C)C1CC1. The Hall–Kier alpha value is -0.920. The molecule has 0 atom stereocenters. The highest BCUT2D eigenvalue weighted by Gasteiger charge is 2.40. The number of rotatable bonds is 7. The summed E-state index contributed by atoms with van der Waals surface area (Å²) in [5.74, 6) is 0.453. The number of aliphatic hydroxyl groups excluding tert-OH is 1. The first-order chi connectivity index (χ1) is 9.37. The van der Waals surface area contributed by atoms with Crippen LogP contribution >= 0.6 is 0 Å². The summed E-state index contributed by atoms with van der Waals surface area (Å²) in [5, 5.41) is 15.8. The Morgan fingerprint density at radius 3 is 2.60 bits per heavy atom. The van der Waals surface area contributed by atoms with Gasteiger partial charge in [-0.25, -0.2) is 8.42 Å². The van der Waals surface area contributed by atoms with Crippen molar-refractivity contribution in [3.8, 4) is 0 Å². The topological polar surface area (TPSA) is 86.3 Å². The zero-order valence-corrected chi connectivity index (χ0v) is 13.1. The van der Waals surface area contributed by atoms with Crippen LogP contribution in [0.2, 0.25) is 0 Å². The van der Waals surface area contributed by atoms with E-state index in [4.69, 9.17) is 0 Å². The van der Waals surface area contributed by atoms with Gasteiger partial charge in [-0.1, -0.05) is 13.8 Å². The number of nitrogens with zero attached hydrogens (tertiary/aromatic N) is 2.